The maximum atomic E-state index is 13.3. The summed E-state index contributed by atoms with van der Waals surface area (Å²) in [6.45, 7) is 3.21. The summed E-state index contributed by atoms with van der Waals surface area (Å²) in [5.74, 6) is 0.494. The number of piperazine rings is 1. The summed E-state index contributed by atoms with van der Waals surface area (Å²) < 4.78 is 0. The number of amides is 2. The zero-order valence-electron chi connectivity index (χ0n) is 20.3. The van der Waals surface area contributed by atoms with Crippen LogP contribution in [0.2, 0.25) is 5.02 Å². The van der Waals surface area contributed by atoms with Crippen molar-refractivity contribution < 1.29 is 4.79 Å². The number of carbonyl (C=O) groups excluding carboxylic acids is 1. The molecular weight excluding hydrogens is 486 g/mol. The molecule has 8 nitrogen and oxygen atoms in total. The highest BCUT2D eigenvalue weighted by Gasteiger charge is 2.33. The number of nitrogens with one attached hydrogen (secondary N) is 3. The van der Waals surface area contributed by atoms with Crippen LogP contribution in [0, 0.1) is 11.5 Å². The van der Waals surface area contributed by atoms with Gasteiger partial charge in [0.05, 0.1) is 6.04 Å². The highest BCUT2D eigenvalue weighted by atomic mass is 35.5. The molecule has 0 aromatic heterocycles. The average Bonchev–Trinajstić information content (AvgIpc) is 2.94. The molecule has 0 bridgehead atoms. The predicted molar refractivity (Wildman–Crippen MR) is 146 cm³/mol. The molecule has 2 amide bonds. The Hall–Kier alpha value is -4.06. The Balaban J connectivity index is 1.39. The van der Waals surface area contributed by atoms with Crippen LogP contribution in [0.3, 0.4) is 0 Å². The van der Waals surface area contributed by atoms with Crippen molar-refractivity contribution in [2.75, 3.05) is 36.8 Å². The van der Waals surface area contributed by atoms with Gasteiger partial charge >= 0.3 is 6.03 Å². The second kappa shape index (κ2) is 11.3. The highest BCUT2D eigenvalue weighted by Crippen LogP contribution is 2.28. The number of nitrogens with zero attached hydrogens (tertiary/aromatic N) is 4. The lowest BCUT2D eigenvalue weighted by atomic mass is 9.99. The summed E-state index contributed by atoms with van der Waals surface area (Å²) in [7, 11) is 0. The molecule has 2 aliphatic heterocycles. The van der Waals surface area contributed by atoms with Gasteiger partial charge < -0.3 is 25.8 Å². The molecule has 0 radical (unpaired) electrons. The van der Waals surface area contributed by atoms with Crippen LogP contribution in [0.15, 0.2) is 77.8 Å². The molecule has 2 heterocycles. The second-order valence-electron chi connectivity index (χ2n) is 9.03. The van der Waals surface area contributed by atoms with Crippen LogP contribution in [0.5, 0.6) is 0 Å². The molecule has 1 saturated heterocycles. The standard InChI is InChI=1S/C28H28ClN7O/c29-22-9-11-23(12-10-22)33-28(37)36-16-15-35(18-26(36)20-5-2-1-3-6-20)27(32-19-30)34-25-8-4-7-21-17-31-14-13-24(21)25/h1-12,26,31H,13-18H2,(H,32,34)(H,33,37). The van der Waals surface area contributed by atoms with E-state index >= 15 is 0 Å². The Morgan fingerprint density at radius 2 is 1.84 bits per heavy atom. The molecule has 188 valence electrons. The summed E-state index contributed by atoms with van der Waals surface area (Å²) in [6, 6.07) is 22.7. The third kappa shape index (κ3) is 5.69. The number of carbonyl (C=O) groups is 1. The van der Waals surface area contributed by atoms with E-state index in [0.717, 1.165) is 30.8 Å². The van der Waals surface area contributed by atoms with Crippen LogP contribution in [-0.4, -0.2) is 48.0 Å². The quantitative estimate of drug-likeness (QED) is 0.265. The van der Waals surface area contributed by atoms with Gasteiger partial charge in [-0.1, -0.05) is 54.1 Å². The lowest BCUT2D eigenvalue weighted by Crippen LogP contribution is -2.54. The fourth-order valence-corrected chi connectivity index (χ4v) is 5.03. The van der Waals surface area contributed by atoms with Gasteiger partial charge in [0.15, 0.2) is 0 Å². The second-order valence-corrected chi connectivity index (χ2v) is 9.47. The van der Waals surface area contributed by atoms with Gasteiger partial charge in [-0.2, -0.15) is 5.26 Å². The normalized spacial score (nSPS) is 17.5. The molecule has 0 spiro atoms. The zero-order chi connectivity index (χ0) is 25.6. The first kappa shape index (κ1) is 24.6. The summed E-state index contributed by atoms with van der Waals surface area (Å²) in [6.07, 6.45) is 2.87. The molecule has 0 aliphatic carbocycles. The van der Waals surface area contributed by atoms with E-state index in [1.165, 1.54) is 11.1 Å². The van der Waals surface area contributed by atoms with Gasteiger partial charge in [0.25, 0.3) is 0 Å². The van der Waals surface area contributed by atoms with E-state index in [-0.39, 0.29) is 12.1 Å². The minimum atomic E-state index is -0.234. The van der Waals surface area contributed by atoms with E-state index in [2.05, 4.69) is 27.0 Å². The molecule has 1 unspecified atom stereocenters. The number of halogens is 1. The number of fused-ring (bicyclic) bond motifs is 1. The first-order valence-electron chi connectivity index (χ1n) is 12.3. The Labute approximate surface area is 221 Å². The van der Waals surface area contributed by atoms with Gasteiger partial charge in [0, 0.05) is 42.6 Å². The molecule has 1 atom stereocenters. The molecule has 2 aliphatic rings. The topological polar surface area (TPSA) is 95.8 Å². The number of anilines is 2. The van der Waals surface area contributed by atoms with Crippen molar-refractivity contribution in [3.8, 4) is 6.19 Å². The zero-order valence-corrected chi connectivity index (χ0v) is 21.1. The first-order chi connectivity index (χ1) is 18.1. The van der Waals surface area contributed by atoms with Crippen LogP contribution < -0.4 is 16.0 Å². The minimum absolute atomic E-state index is 0.188. The van der Waals surface area contributed by atoms with Crippen LogP contribution >= 0.6 is 11.6 Å². The van der Waals surface area contributed by atoms with Crippen molar-refractivity contribution >= 4 is 35.0 Å². The molecular formula is C28H28ClN7O. The molecule has 5 rings (SSSR count). The van der Waals surface area contributed by atoms with Gasteiger partial charge in [-0.25, -0.2) is 4.79 Å². The van der Waals surface area contributed by atoms with Gasteiger partial charge in [-0.15, -0.1) is 4.99 Å². The Kier molecular flexibility index (Phi) is 7.54. The van der Waals surface area contributed by atoms with Gasteiger partial charge in [-0.05, 0) is 60.0 Å². The summed E-state index contributed by atoms with van der Waals surface area (Å²) in [5.41, 5.74) is 5.15. The molecule has 1 fully saturated rings. The highest BCUT2D eigenvalue weighted by molar-refractivity contribution is 6.30. The monoisotopic (exact) mass is 513 g/mol. The number of hydrogen-bond acceptors (Lipinski definition) is 4. The molecule has 3 aromatic rings. The summed E-state index contributed by atoms with van der Waals surface area (Å²) in [4.78, 5) is 21.4. The number of guanidine groups is 1. The minimum Gasteiger partial charge on any atom is -0.338 e. The van der Waals surface area contributed by atoms with Gasteiger partial charge in [0.2, 0.25) is 12.2 Å². The molecule has 3 aromatic carbocycles. The number of urea groups is 1. The van der Waals surface area contributed by atoms with Gasteiger partial charge in [-0.3, -0.25) is 0 Å². The van der Waals surface area contributed by atoms with Crippen molar-refractivity contribution in [2.24, 2.45) is 4.99 Å². The number of rotatable bonds is 3. The molecule has 0 saturated carbocycles. The van der Waals surface area contributed by atoms with E-state index in [1.807, 2.05) is 58.5 Å². The van der Waals surface area contributed by atoms with Crippen molar-refractivity contribution in [2.45, 2.75) is 19.0 Å². The van der Waals surface area contributed by atoms with Crippen molar-refractivity contribution in [1.82, 2.24) is 15.1 Å². The van der Waals surface area contributed by atoms with Crippen LogP contribution in [0.25, 0.3) is 0 Å². The van der Waals surface area contributed by atoms with Crippen molar-refractivity contribution in [3.63, 3.8) is 0 Å². The van der Waals surface area contributed by atoms with E-state index < -0.39 is 0 Å². The van der Waals surface area contributed by atoms with E-state index in [9.17, 15) is 10.1 Å². The van der Waals surface area contributed by atoms with E-state index in [1.54, 1.807) is 24.3 Å². The average molecular weight is 514 g/mol. The smallest absolute Gasteiger partial charge is 0.322 e. The molecule has 37 heavy (non-hydrogen) atoms. The third-order valence-corrected chi connectivity index (χ3v) is 7.02. The maximum absolute atomic E-state index is 13.3. The number of benzene rings is 3. The molecule has 3 N–H and O–H groups in total. The fraction of sp³-hybridized carbons (Fsp3) is 0.250. The summed E-state index contributed by atoms with van der Waals surface area (Å²) >= 11 is 6.00. The van der Waals surface area contributed by atoms with E-state index in [0.29, 0.717) is 36.3 Å². The first-order valence-corrected chi connectivity index (χ1v) is 12.7. The maximum Gasteiger partial charge on any atom is 0.322 e. The fourth-order valence-electron chi connectivity index (χ4n) is 4.90. The van der Waals surface area contributed by atoms with Crippen LogP contribution in [0.4, 0.5) is 16.2 Å². The number of hydrogen-bond donors (Lipinski definition) is 3. The Morgan fingerprint density at radius 3 is 2.62 bits per heavy atom. The van der Waals surface area contributed by atoms with E-state index in [4.69, 9.17) is 11.6 Å². The lowest BCUT2D eigenvalue weighted by molar-refractivity contribution is 0.136. The third-order valence-electron chi connectivity index (χ3n) is 6.76. The van der Waals surface area contributed by atoms with Gasteiger partial charge in [0.1, 0.15) is 0 Å². The Bertz CT molecular complexity index is 1320. The lowest BCUT2D eigenvalue weighted by Gasteiger charge is -2.42. The number of aliphatic imine (C=N–C) groups is 1. The number of nitriles is 1. The van der Waals surface area contributed by atoms with Crippen molar-refractivity contribution in [3.05, 3.63) is 94.5 Å². The van der Waals surface area contributed by atoms with Crippen LogP contribution in [0.1, 0.15) is 22.7 Å². The van der Waals surface area contributed by atoms with Crippen LogP contribution in [-0.2, 0) is 13.0 Å². The molecule has 9 heteroatoms. The predicted octanol–water partition coefficient (Wildman–Crippen LogP) is 4.83. The SMILES string of the molecule is N#C/N=C(/Nc1cccc2c1CCNC2)N1CCN(C(=O)Nc2ccc(Cl)cc2)C(c2ccccc2)C1. The Morgan fingerprint density at radius 1 is 1.03 bits per heavy atom. The van der Waals surface area contributed by atoms with Crippen molar-refractivity contribution in [1.29, 1.82) is 5.26 Å². The largest absolute Gasteiger partial charge is 0.338 e. The summed E-state index contributed by atoms with van der Waals surface area (Å²) in [5, 5.41) is 19.9.